The predicted octanol–water partition coefficient (Wildman–Crippen LogP) is 2.90. The van der Waals surface area contributed by atoms with E-state index in [4.69, 9.17) is 22.1 Å². The van der Waals surface area contributed by atoms with E-state index in [1.807, 2.05) is 0 Å². The van der Waals surface area contributed by atoms with Gasteiger partial charge < -0.3 is 15.6 Å². The third kappa shape index (κ3) is 3.87. The van der Waals surface area contributed by atoms with Crippen LogP contribution in [0.4, 0.5) is 0 Å². The van der Waals surface area contributed by atoms with Crippen molar-refractivity contribution < 1.29 is 9.84 Å². The number of nitrogens with two attached hydrogens (primary N) is 1. The molecule has 0 bridgehead atoms. The molecule has 1 aromatic rings. The Labute approximate surface area is 108 Å². The van der Waals surface area contributed by atoms with Crippen LogP contribution in [0.3, 0.4) is 0 Å². The second kappa shape index (κ2) is 6.84. The molecule has 17 heavy (non-hydrogen) atoms. The number of hydrogen-bond donors (Lipinski definition) is 2. The van der Waals surface area contributed by atoms with Crippen LogP contribution in [0.5, 0.6) is 5.75 Å². The van der Waals surface area contributed by atoms with E-state index in [9.17, 15) is 5.11 Å². The highest BCUT2D eigenvalue weighted by atomic mass is 35.5. The number of aliphatic hydroxyl groups excluding tert-OH is 1. The summed E-state index contributed by atoms with van der Waals surface area (Å²) in [7, 11) is 1.58. The lowest BCUT2D eigenvalue weighted by Gasteiger charge is -2.21. The SMILES string of the molecule is CCCC[C@@H](O)[C@@H](N)c1cc(Cl)ccc1OC. The Morgan fingerprint density at radius 2 is 2.18 bits per heavy atom. The van der Waals surface area contributed by atoms with Crippen LogP contribution in [0, 0.1) is 0 Å². The van der Waals surface area contributed by atoms with Gasteiger partial charge in [-0.05, 0) is 24.6 Å². The fourth-order valence-corrected chi connectivity index (χ4v) is 1.95. The summed E-state index contributed by atoms with van der Waals surface area (Å²) < 4.78 is 5.23. The monoisotopic (exact) mass is 257 g/mol. The van der Waals surface area contributed by atoms with Crippen LogP contribution in [0.25, 0.3) is 0 Å². The van der Waals surface area contributed by atoms with Crippen molar-refractivity contribution in [2.24, 2.45) is 5.73 Å². The molecular formula is C13H20ClNO2. The molecule has 1 rings (SSSR count). The van der Waals surface area contributed by atoms with E-state index in [-0.39, 0.29) is 0 Å². The minimum absolute atomic E-state index is 0.463. The lowest BCUT2D eigenvalue weighted by atomic mass is 9.97. The maximum Gasteiger partial charge on any atom is 0.123 e. The largest absolute Gasteiger partial charge is 0.496 e. The van der Waals surface area contributed by atoms with Gasteiger partial charge in [0, 0.05) is 10.6 Å². The maximum absolute atomic E-state index is 9.99. The number of unbranched alkanes of at least 4 members (excludes halogenated alkanes) is 1. The lowest BCUT2D eigenvalue weighted by molar-refractivity contribution is 0.131. The first-order valence-corrected chi connectivity index (χ1v) is 6.25. The molecule has 0 heterocycles. The topological polar surface area (TPSA) is 55.5 Å². The number of methoxy groups -OCH3 is 1. The first-order valence-electron chi connectivity index (χ1n) is 5.87. The van der Waals surface area contributed by atoms with Gasteiger partial charge in [-0.1, -0.05) is 31.4 Å². The summed E-state index contributed by atoms with van der Waals surface area (Å²) in [5.74, 6) is 0.664. The molecule has 2 atom stereocenters. The Kier molecular flexibility index (Phi) is 5.75. The van der Waals surface area contributed by atoms with E-state index in [0.717, 1.165) is 18.4 Å². The molecule has 0 saturated heterocycles. The molecular weight excluding hydrogens is 238 g/mol. The Hall–Kier alpha value is -0.770. The number of rotatable bonds is 6. The third-order valence-corrected chi connectivity index (χ3v) is 3.05. The van der Waals surface area contributed by atoms with Crippen molar-refractivity contribution in [3.05, 3.63) is 28.8 Å². The molecule has 4 heteroatoms. The Morgan fingerprint density at radius 3 is 2.76 bits per heavy atom. The van der Waals surface area contributed by atoms with Crippen molar-refractivity contribution in [3.63, 3.8) is 0 Å². The van der Waals surface area contributed by atoms with Gasteiger partial charge in [0.2, 0.25) is 0 Å². The Balaban J connectivity index is 2.86. The van der Waals surface area contributed by atoms with Crippen LogP contribution in [0.1, 0.15) is 37.8 Å². The molecule has 0 fully saturated rings. The molecule has 0 saturated carbocycles. The van der Waals surface area contributed by atoms with Crippen molar-refractivity contribution in [2.75, 3.05) is 7.11 Å². The van der Waals surface area contributed by atoms with Crippen LogP contribution in [-0.4, -0.2) is 18.3 Å². The summed E-state index contributed by atoms with van der Waals surface area (Å²) in [6.07, 6.45) is 2.11. The molecule has 0 aromatic heterocycles. The van der Waals surface area contributed by atoms with E-state index in [2.05, 4.69) is 6.92 Å². The van der Waals surface area contributed by atoms with E-state index < -0.39 is 12.1 Å². The maximum atomic E-state index is 9.99. The van der Waals surface area contributed by atoms with Gasteiger partial charge in [-0.25, -0.2) is 0 Å². The summed E-state index contributed by atoms with van der Waals surface area (Å²) in [5, 5.41) is 10.6. The van der Waals surface area contributed by atoms with Crippen LogP contribution in [0.2, 0.25) is 5.02 Å². The molecule has 0 spiro atoms. The smallest absolute Gasteiger partial charge is 0.123 e. The fraction of sp³-hybridized carbons (Fsp3) is 0.538. The van der Waals surface area contributed by atoms with E-state index >= 15 is 0 Å². The normalized spacial score (nSPS) is 14.4. The molecule has 3 N–H and O–H groups in total. The quantitative estimate of drug-likeness (QED) is 0.824. The molecule has 3 nitrogen and oxygen atoms in total. The summed E-state index contributed by atoms with van der Waals surface area (Å²) >= 11 is 5.93. The minimum atomic E-state index is -0.567. The van der Waals surface area contributed by atoms with Gasteiger partial charge in [-0.2, -0.15) is 0 Å². The molecule has 96 valence electrons. The lowest BCUT2D eigenvalue weighted by Crippen LogP contribution is -2.26. The van der Waals surface area contributed by atoms with Crippen molar-refractivity contribution in [3.8, 4) is 5.75 Å². The average molecular weight is 258 g/mol. The minimum Gasteiger partial charge on any atom is -0.496 e. The van der Waals surface area contributed by atoms with Crippen LogP contribution in [0.15, 0.2) is 18.2 Å². The highest BCUT2D eigenvalue weighted by Gasteiger charge is 2.20. The fourth-order valence-electron chi connectivity index (χ4n) is 1.77. The van der Waals surface area contributed by atoms with Gasteiger partial charge in [-0.3, -0.25) is 0 Å². The molecule has 0 radical (unpaired) electrons. The summed E-state index contributed by atoms with van der Waals surface area (Å²) in [6, 6.07) is 4.80. The third-order valence-electron chi connectivity index (χ3n) is 2.82. The molecule has 0 aliphatic rings. The molecule has 0 aliphatic carbocycles. The molecule has 0 unspecified atom stereocenters. The standard InChI is InChI=1S/C13H20ClNO2/c1-3-4-5-11(16)13(15)10-8-9(14)6-7-12(10)17-2/h6-8,11,13,16H,3-5,15H2,1-2H3/t11-,13+/m1/s1. The molecule has 1 aromatic carbocycles. The summed E-state index contributed by atoms with van der Waals surface area (Å²) in [6.45, 7) is 2.08. The van der Waals surface area contributed by atoms with Crippen molar-refractivity contribution in [1.82, 2.24) is 0 Å². The average Bonchev–Trinajstić information content (AvgIpc) is 2.34. The van der Waals surface area contributed by atoms with Gasteiger partial charge in [0.05, 0.1) is 19.3 Å². The second-order valence-corrected chi connectivity index (χ2v) is 4.56. The Bertz CT molecular complexity index is 357. The number of aliphatic hydroxyl groups is 1. The van der Waals surface area contributed by atoms with E-state index in [1.54, 1.807) is 25.3 Å². The van der Waals surface area contributed by atoms with Gasteiger partial charge >= 0.3 is 0 Å². The van der Waals surface area contributed by atoms with Gasteiger partial charge in [0.15, 0.2) is 0 Å². The van der Waals surface area contributed by atoms with Crippen molar-refractivity contribution >= 4 is 11.6 Å². The first-order chi connectivity index (χ1) is 8.10. The molecule has 0 amide bonds. The van der Waals surface area contributed by atoms with Crippen LogP contribution < -0.4 is 10.5 Å². The van der Waals surface area contributed by atoms with Crippen LogP contribution >= 0.6 is 11.6 Å². The van der Waals surface area contributed by atoms with Gasteiger partial charge in [0.25, 0.3) is 0 Å². The number of hydrogen-bond acceptors (Lipinski definition) is 3. The van der Waals surface area contributed by atoms with Gasteiger partial charge in [0.1, 0.15) is 5.75 Å². The number of ether oxygens (including phenoxy) is 1. The van der Waals surface area contributed by atoms with Crippen molar-refractivity contribution in [1.29, 1.82) is 0 Å². The van der Waals surface area contributed by atoms with Crippen LogP contribution in [-0.2, 0) is 0 Å². The second-order valence-electron chi connectivity index (χ2n) is 4.12. The zero-order valence-electron chi connectivity index (χ0n) is 10.3. The summed E-state index contributed by atoms with van der Waals surface area (Å²) in [5.41, 5.74) is 6.79. The zero-order valence-corrected chi connectivity index (χ0v) is 11.1. The number of halogens is 1. The highest BCUT2D eigenvalue weighted by molar-refractivity contribution is 6.30. The zero-order chi connectivity index (χ0) is 12.8. The first kappa shape index (κ1) is 14.3. The van der Waals surface area contributed by atoms with Gasteiger partial charge in [-0.15, -0.1) is 0 Å². The number of benzene rings is 1. The molecule has 0 aliphatic heterocycles. The van der Waals surface area contributed by atoms with E-state index in [1.165, 1.54) is 0 Å². The Morgan fingerprint density at radius 1 is 1.47 bits per heavy atom. The predicted molar refractivity (Wildman–Crippen MR) is 70.5 cm³/mol. The summed E-state index contributed by atoms with van der Waals surface area (Å²) in [4.78, 5) is 0. The highest BCUT2D eigenvalue weighted by Crippen LogP contribution is 2.29. The van der Waals surface area contributed by atoms with Crippen molar-refractivity contribution in [2.45, 2.75) is 38.3 Å². The van der Waals surface area contributed by atoms with E-state index in [0.29, 0.717) is 17.2 Å².